The number of hydrogen-bond donors (Lipinski definition) is 6. The number of carbonyl (C=O) groups is 5. The fraction of sp³-hybridized carbons (Fsp3) is 0.295. The van der Waals surface area contributed by atoms with Gasteiger partial charge in [-0.2, -0.15) is 0 Å². The molecule has 56 heavy (non-hydrogen) atoms. The molecule has 5 atom stereocenters. The van der Waals surface area contributed by atoms with Gasteiger partial charge in [-0.25, -0.2) is 9.59 Å². The number of nitrogens with one attached hydrogen (secondary N) is 5. The lowest BCUT2D eigenvalue weighted by atomic mass is 9.96. The summed E-state index contributed by atoms with van der Waals surface area (Å²) >= 11 is 0. The van der Waals surface area contributed by atoms with E-state index in [4.69, 9.17) is 4.74 Å². The Balaban J connectivity index is 1.11. The lowest BCUT2D eigenvalue weighted by Gasteiger charge is -2.28. The Labute approximate surface area is 325 Å². The van der Waals surface area contributed by atoms with Crippen LogP contribution in [0.3, 0.4) is 0 Å². The number of fused-ring (bicyclic) bond motifs is 4. The van der Waals surface area contributed by atoms with Crippen molar-refractivity contribution >= 4 is 40.7 Å². The van der Waals surface area contributed by atoms with Crippen LogP contribution in [0.25, 0.3) is 22.0 Å². The number of H-pyrrole nitrogens is 1. The Morgan fingerprint density at radius 2 is 1.32 bits per heavy atom. The van der Waals surface area contributed by atoms with Crippen LogP contribution in [0.15, 0.2) is 109 Å². The zero-order valence-corrected chi connectivity index (χ0v) is 31.6. The van der Waals surface area contributed by atoms with Crippen LogP contribution in [0, 0.1) is 5.92 Å². The van der Waals surface area contributed by atoms with Crippen LogP contribution in [0.2, 0.25) is 0 Å². The number of aromatic amines is 1. The molecule has 1 aromatic heterocycles. The molecule has 1 aliphatic carbocycles. The van der Waals surface area contributed by atoms with E-state index < -0.39 is 54.0 Å². The number of para-hydroxylation sites is 1. The normalized spacial score (nSPS) is 14.6. The minimum absolute atomic E-state index is 0.0246. The highest BCUT2D eigenvalue weighted by molar-refractivity contribution is 5.95. The van der Waals surface area contributed by atoms with Gasteiger partial charge >= 0.3 is 12.1 Å². The number of hydrogen-bond acceptors (Lipinski definition) is 6. The molecule has 12 heteroatoms. The molecule has 0 bridgehead atoms. The summed E-state index contributed by atoms with van der Waals surface area (Å²) in [6, 6.07) is 28.0. The van der Waals surface area contributed by atoms with Crippen LogP contribution in [-0.4, -0.2) is 70.6 Å². The average molecular weight is 758 g/mol. The van der Waals surface area contributed by atoms with Crippen LogP contribution in [0.5, 0.6) is 0 Å². The molecule has 0 unspecified atom stereocenters. The van der Waals surface area contributed by atoms with Crippen molar-refractivity contribution in [3.05, 3.63) is 132 Å². The molecule has 0 spiro atoms. The van der Waals surface area contributed by atoms with E-state index in [0.717, 1.165) is 44.3 Å². The molecule has 4 aromatic carbocycles. The Morgan fingerprint density at radius 1 is 0.696 bits per heavy atom. The summed E-state index contributed by atoms with van der Waals surface area (Å²) in [5, 5.41) is 21.5. The minimum atomic E-state index is -1.26. The average Bonchev–Trinajstić information content (AvgIpc) is 3.76. The first-order valence-corrected chi connectivity index (χ1v) is 18.9. The lowest BCUT2D eigenvalue weighted by molar-refractivity contribution is -0.142. The standard InChI is InChI=1S/C44H47N5O7/c1-4-26(2)39(42(52)46-27(3)40(50)47-38(43(53)54)23-29-24-45-36-21-13-12-16-30(29)36)49-41(51)37(22-28-14-6-5-7-15-28)48-44(55)56-25-35-33-19-10-8-17-31(33)32-18-9-11-20-34(32)35/h5-21,24,26-27,35,37-39,45H,4,22-23,25H2,1-3H3,(H,46,52)(H,47,50)(H,48,55)(H,49,51)(H,53,54)/t26-,27-,37-,38-,39-/m0/s1. The Hall–Kier alpha value is -6.43. The number of carboxylic acids is 1. The maximum Gasteiger partial charge on any atom is 0.407 e. The second-order valence-corrected chi connectivity index (χ2v) is 14.3. The van der Waals surface area contributed by atoms with Gasteiger partial charge in [-0.05, 0) is 52.3 Å². The second kappa shape index (κ2) is 17.8. The van der Waals surface area contributed by atoms with Crippen molar-refractivity contribution in [2.75, 3.05) is 6.61 Å². The third-order valence-electron chi connectivity index (χ3n) is 10.5. The van der Waals surface area contributed by atoms with Gasteiger partial charge in [0, 0.05) is 35.9 Å². The van der Waals surface area contributed by atoms with Gasteiger partial charge in [0.15, 0.2) is 0 Å². The molecule has 0 radical (unpaired) electrons. The van der Waals surface area contributed by atoms with Gasteiger partial charge in [-0.1, -0.05) is 117 Å². The monoisotopic (exact) mass is 757 g/mol. The summed E-state index contributed by atoms with van der Waals surface area (Å²) in [7, 11) is 0. The molecule has 6 rings (SSSR count). The van der Waals surface area contributed by atoms with Gasteiger partial charge in [0.25, 0.3) is 0 Å². The summed E-state index contributed by atoms with van der Waals surface area (Å²) in [6.07, 6.45) is 1.59. The first-order chi connectivity index (χ1) is 27.0. The van der Waals surface area contributed by atoms with E-state index in [0.29, 0.717) is 6.42 Å². The van der Waals surface area contributed by atoms with Gasteiger partial charge in [-0.3, -0.25) is 14.4 Å². The molecule has 5 aromatic rings. The van der Waals surface area contributed by atoms with Gasteiger partial charge in [-0.15, -0.1) is 0 Å². The number of carbonyl (C=O) groups excluding carboxylic acids is 4. The summed E-state index contributed by atoms with van der Waals surface area (Å²) < 4.78 is 5.76. The van der Waals surface area contributed by atoms with Crippen molar-refractivity contribution < 1.29 is 33.8 Å². The van der Waals surface area contributed by atoms with Crippen LogP contribution < -0.4 is 21.3 Å². The lowest BCUT2D eigenvalue weighted by Crippen LogP contribution is -2.59. The van der Waals surface area contributed by atoms with Crippen molar-refractivity contribution in [1.29, 1.82) is 0 Å². The molecule has 6 N–H and O–H groups in total. The number of rotatable bonds is 16. The number of carboxylic acid groups (broad SMARTS) is 1. The largest absolute Gasteiger partial charge is 0.480 e. The molecule has 12 nitrogen and oxygen atoms in total. The van der Waals surface area contributed by atoms with Crippen LogP contribution in [0.4, 0.5) is 4.79 Å². The van der Waals surface area contributed by atoms with E-state index >= 15 is 0 Å². The van der Waals surface area contributed by atoms with Crippen LogP contribution >= 0.6 is 0 Å². The maximum absolute atomic E-state index is 14.0. The number of ether oxygens (including phenoxy) is 1. The van der Waals surface area contributed by atoms with Crippen LogP contribution in [0.1, 0.15) is 55.4 Å². The maximum atomic E-state index is 14.0. The third-order valence-corrected chi connectivity index (χ3v) is 10.5. The molecule has 0 saturated heterocycles. The molecule has 0 fully saturated rings. The number of amides is 4. The molecule has 0 aliphatic heterocycles. The van der Waals surface area contributed by atoms with E-state index in [-0.39, 0.29) is 31.3 Å². The summed E-state index contributed by atoms with van der Waals surface area (Å²) in [6.45, 7) is 5.17. The van der Waals surface area contributed by atoms with Crippen molar-refractivity contribution in [2.45, 2.75) is 70.1 Å². The first kappa shape index (κ1) is 39.3. The Bertz CT molecular complexity index is 2160. The molecule has 290 valence electrons. The van der Waals surface area contributed by atoms with E-state index in [1.54, 1.807) is 13.1 Å². The van der Waals surface area contributed by atoms with Gasteiger partial charge < -0.3 is 36.1 Å². The molecular weight excluding hydrogens is 711 g/mol. The van der Waals surface area contributed by atoms with Gasteiger partial charge in [0.2, 0.25) is 17.7 Å². The molecule has 0 saturated carbocycles. The highest BCUT2D eigenvalue weighted by Gasteiger charge is 2.34. The minimum Gasteiger partial charge on any atom is -0.480 e. The zero-order chi connectivity index (χ0) is 39.8. The SMILES string of the molecule is CC[C@H](C)[C@H](NC(=O)[C@H](Cc1ccccc1)NC(=O)OCC1c2ccccc2-c2ccccc21)C(=O)N[C@@H](C)C(=O)N[C@@H](Cc1c[nH]c2ccccc12)C(=O)O. The first-order valence-electron chi connectivity index (χ1n) is 18.9. The fourth-order valence-electron chi connectivity index (χ4n) is 7.18. The molecule has 4 amide bonds. The van der Waals surface area contributed by atoms with E-state index in [9.17, 15) is 29.1 Å². The predicted molar refractivity (Wildman–Crippen MR) is 213 cm³/mol. The molecule has 1 heterocycles. The van der Waals surface area contributed by atoms with Crippen molar-refractivity contribution in [3.8, 4) is 11.1 Å². The topological polar surface area (TPSA) is 179 Å². The second-order valence-electron chi connectivity index (χ2n) is 14.3. The summed E-state index contributed by atoms with van der Waals surface area (Å²) in [5.41, 5.74) is 6.63. The number of aromatic nitrogens is 1. The Morgan fingerprint density at radius 3 is 1.98 bits per heavy atom. The van der Waals surface area contributed by atoms with Gasteiger partial charge in [0.05, 0.1) is 0 Å². The smallest absolute Gasteiger partial charge is 0.407 e. The van der Waals surface area contributed by atoms with Crippen LogP contribution in [-0.2, 0) is 36.8 Å². The van der Waals surface area contributed by atoms with Gasteiger partial charge in [0.1, 0.15) is 30.8 Å². The summed E-state index contributed by atoms with van der Waals surface area (Å²) in [4.78, 5) is 69.6. The highest BCUT2D eigenvalue weighted by atomic mass is 16.5. The Kier molecular flexibility index (Phi) is 12.5. The highest BCUT2D eigenvalue weighted by Crippen LogP contribution is 2.44. The van der Waals surface area contributed by atoms with E-state index in [2.05, 4.69) is 26.3 Å². The van der Waals surface area contributed by atoms with E-state index in [1.165, 1.54) is 6.92 Å². The zero-order valence-electron chi connectivity index (χ0n) is 31.6. The number of alkyl carbamates (subject to hydrolysis) is 1. The predicted octanol–water partition coefficient (Wildman–Crippen LogP) is 5.47. The third kappa shape index (κ3) is 9.08. The number of aliphatic carboxylic acids is 1. The number of benzene rings is 4. The van der Waals surface area contributed by atoms with Crippen molar-refractivity contribution in [1.82, 2.24) is 26.3 Å². The van der Waals surface area contributed by atoms with Crippen molar-refractivity contribution in [2.24, 2.45) is 5.92 Å². The molecular formula is C44H47N5O7. The van der Waals surface area contributed by atoms with Crippen molar-refractivity contribution in [3.63, 3.8) is 0 Å². The fourth-order valence-corrected chi connectivity index (χ4v) is 7.18. The quantitative estimate of drug-likeness (QED) is 0.0773. The summed E-state index contributed by atoms with van der Waals surface area (Å²) in [5.74, 6) is -3.69. The molecule has 1 aliphatic rings. The van der Waals surface area contributed by atoms with E-state index in [1.807, 2.05) is 110 Å².